The van der Waals surface area contributed by atoms with Gasteiger partial charge < -0.3 is 15.7 Å². The van der Waals surface area contributed by atoms with Crippen LogP contribution in [0.4, 0.5) is 5.82 Å². The lowest BCUT2D eigenvalue weighted by molar-refractivity contribution is 0.289. The molecule has 1 aromatic heterocycles. The van der Waals surface area contributed by atoms with E-state index in [0.29, 0.717) is 12.1 Å². The second-order valence-electron chi connectivity index (χ2n) is 3.33. The third kappa shape index (κ3) is 3.16. The van der Waals surface area contributed by atoms with Gasteiger partial charge in [-0.1, -0.05) is 0 Å². The summed E-state index contributed by atoms with van der Waals surface area (Å²) in [6.07, 6.45) is 3.78. The lowest BCUT2D eigenvalue weighted by Crippen LogP contribution is -2.26. The first-order valence-corrected chi connectivity index (χ1v) is 5.21. The Hall–Kier alpha value is -1.69. The summed E-state index contributed by atoms with van der Waals surface area (Å²) >= 11 is 0. The summed E-state index contributed by atoms with van der Waals surface area (Å²) < 4.78 is 0. The number of aromatic nitrogens is 2. The third-order valence-electron chi connectivity index (χ3n) is 2.21. The van der Waals surface area contributed by atoms with Crippen LogP contribution in [0, 0.1) is 5.41 Å². The fraction of sp³-hybridized carbons (Fsp3) is 0.500. The monoisotopic (exact) mass is 223 g/mol. The van der Waals surface area contributed by atoms with Gasteiger partial charge in [0.15, 0.2) is 0 Å². The number of nitrogens with one attached hydrogen (secondary N) is 1. The lowest BCUT2D eigenvalue weighted by Gasteiger charge is -2.20. The summed E-state index contributed by atoms with van der Waals surface area (Å²) in [6, 6.07) is 0. The molecular weight excluding hydrogens is 206 g/mol. The van der Waals surface area contributed by atoms with E-state index in [1.807, 2.05) is 11.8 Å². The molecule has 0 radical (unpaired) electrons. The van der Waals surface area contributed by atoms with Gasteiger partial charge in [0.1, 0.15) is 17.3 Å². The molecule has 1 rings (SSSR count). The van der Waals surface area contributed by atoms with Crippen molar-refractivity contribution in [2.24, 2.45) is 5.73 Å². The van der Waals surface area contributed by atoms with Crippen LogP contribution in [-0.4, -0.2) is 40.6 Å². The molecule has 88 valence electrons. The minimum atomic E-state index is -0.0857. The van der Waals surface area contributed by atoms with Crippen LogP contribution in [0.5, 0.6) is 0 Å². The SMILES string of the molecule is CCN(CCCO)c1cnc(C(=N)N)cn1. The Morgan fingerprint density at radius 2 is 2.25 bits per heavy atom. The number of nitrogen functional groups attached to an aromatic ring is 1. The highest BCUT2D eigenvalue weighted by Gasteiger charge is 2.06. The van der Waals surface area contributed by atoms with Crippen molar-refractivity contribution in [2.45, 2.75) is 13.3 Å². The van der Waals surface area contributed by atoms with Crippen LogP contribution in [-0.2, 0) is 0 Å². The molecular formula is C10H17N5O. The maximum atomic E-state index is 8.77. The van der Waals surface area contributed by atoms with E-state index in [1.165, 1.54) is 6.20 Å². The van der Waals surface area contributed by atoms with Gasteiger partial charge in [-0.05, 0) is 13.3 Å². The van der Waals surface area contributed by atoms with Gasteiger partial charge in [-0.15, -0.1) is 0 Å². The van der Waals surface area contributed by atoms with Crippen LogP contribution in [0.25, 0.3) is 0 Å². The van der Waals surface area contributed by atoms with Gasteiger partial charge in [0.25, 0.3) is 0 Å². The van der Waals surface area contributed by atoms with E-state index in [4.69, 9.17) is 16.2 Å². The van der Waals surface area contributed by atoms with E-state index in [-0.39, 0.29) is 12.4 Å². The molecule has 0 bridgehead atoms. The van der Waals surface area contributed by atoms with Crippen molar-refractivity contribution in [1.82, 2.24) is 9.97 Å². The topological polar surface area (TPSA) is 99.1 Å². The number of nitrogens with zero attached hydrogens (tertiary/aromatic N) is 3. The number of aliphatic hydroxyl groups is 1. The van der Waals surface area contributed by atoms with E-state index >= 15 is 0 Å². The zero-order valence-corrected chi connectivity index (χ0v) is 9.35. The average molecular weight is 223 g/mol. The molecule has 0 saturated heterocycles. The number of anilines is 1. The van der Waals surface area contributed by atoms with Crippen LogP contribution < -0.4 is 10.6 Å². The highest BCUT2D eigenvalue weighted by atomic mass is 16.3. The molecule has 6 heteroatoms. The Morgan fingerprint density at radius 1 is 1.50 bits per heavy atom. The second kappa shape index (κ2) is 6.02. The molecule has 0 amide bonds. The van der Waals surface area contributed by atoms with Crippen molar-refractivity contribution < 1.29 is 5.11 Å². The molecule has 16 heavy (non-hydrogen) atoms. The number of nitrogens with two attached hydrogens (primary N) is 1. The van der Waals surface area contributed by atoms with Gasteiger partial charge >= 0.3 is 0 Å². The van der Waals surface area contributed by atoms with Gasteiger partial charge in [-0.3, -0.25) is 5.41 Å². The van der Waals surface area contributed by atoms with Crippen LogP contribution in [0.15, 0.2) is 12.4 Å². The predicted molar refractivity (Wildman–Crippen MR) is 62.6 cm³/mol. The predicted octanol–water partition coefficient (Wildman–Crippen LogP) is -0.0306. The number of rotatable bonds is 6. The fourth-order valence-corrected chi connectivity index (χ4v) is 1.32. The summed E-state index contributed by atoms with van der Waals surface area (Å²) in [4.78, 5) is 10.2. The Morgan fingerprint density at radius 3 is 2.69 bits per heavy atom. The van der Waals surface area contributed by atoms with Crippen molar-refractivity contribution in [3.8, 4) is 0 Å². The molecule has 0 spiro atoms. The summed E-state index contributed by atoms with van der Waals surface area (Å²) in [5.74, 6) is 0.651. The molecule has 0 fully saturated rings. The van der Waals surface area contributed by atoms with Crippen molar-refractivity contribution in [3.05, 3.63) is 18.1 Å². The molecule has 1 heterocycles. The average Bonchev–Trinajstić information content (AvgIpc) is 2.30. The zero-order valence-electron chi connectivity index (χ0n) is 9.35. The minimum absolute atomic E-state index is 0.0857. The van der Waals surface area contributed by atoms with Crippen molar-refractivity contribution >= 4 is 11.7 Å². The van der Waals surface area contributed by atoms with Crippen LogP contribution in [0.3, 0.4) is 0 Å². The summed E-state index contributed by atoms with van der Waals surface area (Å²) in [5.41, 5.74) is 5.66. The smallest absolute Gasteiger partial charge is 0.147 e. The molecule has 0 aromatic carbocycles. The van der Waals surface area contributed by atoms with E-state index in [2.05, 4.69) is 9.97 Å². The maximum absolute atomic E-state index is 8.77. The van der Waals surface area contributed by atoms with Crippen LogP contribution in [0.1, 0.15) is 19.0 Å². The molecule has 1 aromatic rings. The largest absolute Gasteiger partial charge is 0.396 e. The van der Waals surface area contributed by atoms with Gasteiger partial charge in [0.05, 0.1) is 12.4 Å². The van der Waals surface area contributed by atoms with Gasteiger partial charge in [-0.2, -0.15) is 0 Å². The van der Waals surface area contributed by atoms with Crippen molar-refractivity contribution in [1.29, 1.82) is 5.41 Å². The molecule has 0 saturated carbocycles. The molecule has 0 aliphatic carbocycles. The molecule has 0 unspecified atom stereocenters. The van der Waals surface area contributed by atoms with Gasteiger partial charge in [0, 0.05) is 19.7 Å². The first-order valence-electron chi connectivity index (χ1n) is 5.21. The molecule has 6 nitrogen and oxygen atoms in total. The minimum Gasteiger partial charge on any atom is -0.396 e. The van der Waals surface area contributed by atoms with E-state index in [0.717, 1.165) is 18.9 Å². The summed E-state index contributed by atoms with van der Waals surface area (Å²) in [5, 5.41) is 16.0. The molecule has 0 aliphatic heterocycles. The molecule has 4 N–H and O–H groups in total. The Balaban J connectivity index is 2.74. The quantitative estimate of drug-likeness (QED) is 0.464. The Labute approximate surface area is 94.6 Å². The molecule has 0 atom stereocenters. The van der Waals surface area contributed by atoms with Gasteiger partial charge in [-0.25, -0.2) is 9.97 Å². The number of hydrogen-bond donors (Lipinski definition) is 3. The third-order valence-corrected chi connectivity index (χ3v) is 2.21. The lowest BCUT2D eigenvalue weighted by atomic mass is 10.3. The van der Waals surface area contributed by atoms with Crippen molar-refractivity contribution in [3.63, 3.8) is 0 Å². The van der Waals surface area contributed by atoms with E-state index < -0.39 is 0 Å². The van der Waals surface area contributed by atoms with Crippen LogP contribution >= 0.6 is 0 Å². The summed E-state index contributed by atoms with van der Waals surface area (Å²) in [7, 11) is 0. The second-order valence-corrected chi connectivity index (χ2v) is 3.33. The van der Waals surface area contributed by atoms with E-state index in [1.54, 1.807) is 6.20 Å². The number of aliphatic hydroxyl groups excluding tert-OH is 1. The van der Waals surface area contributed by atoms with Gasteiger partial charge in [0.2, 0.25) is 0 Å². The zero-order chi connectivity index (χ0) is 12.0. The molecule has 0 aliphatic rings. The highest BCUT2D eigenvalue weighted by Crippen LogP contribution is 2.08. The van der Waals surface area contributed by atoms with Crippen molar-refractivity contribution in [2.75, 3.05) is 24.6 Å². The number of hydrogen-bond acceptors (Lipinski definition) is 5. The highest BCUT2D eigenvalue weighted by molar-refractivity contribution is 5.92. The normalized spacial score (nSPS) is 10.1. The first kappa shape index (κ1) is 12.4. The Bertz CT molecular complexity index is 338. The Kier molecular flexibility index (Phi) is 4.65. The maximum Gasteiger partial charge on any atom is 0.147 e. The number of amidine groups is 1. The van der Waals surface area contributed by atoms with Crippen LogP contribution in [0.2, 0.25) is 0 Å². The standard InChI is InChI=1S/C10H17N5O/c1-2-15(4-3-5-16)9-7-13-8(6-14-9)10(11)12/h6-7,16H,2-5H2,1H3,(H3,11,12). The summed E-state index contributed by atoms with van der Waals surface area (Å²) in [6.45, 7) is 3.71. The fourth-order valence-electron chi connectivity index (χ4n) is 1.32. The van der Waals surface area contributed by atoms with E-state index in [9.17, 15) is 0 Å². The first-order chi connectivity index (χ1) is 7.69.